The summed E-state index contributed by atoms with van der Waals surface area (Å²) in [6.45, 7) is 0.845. The highest BCUT2D eigenvalue weighted by Gasteiger charge is 2.21. The molecule has 0 spiro atoms. The van der Waals surface area contributed by atoms with Crippen LogP contribution in [-0.2, 0) is 16.0 Å². The second kappa shape index (κ2) is 11.7. The van der Waals surface area contributed by atoms with Crippen molar-refractivity contribution in [3.8, 4) is 0 Å². The van der Waals surface area contributed by atoms with Gasteiger partial charge in [0, 0.05) is 36.8 Å². The molecule has 1 aromatic rings. The standard InChI is InChI=1S/C13H16ClNO.C4H6Cl2O/c14-9-3-8-13(16)15-10-4-6-11-5-1-2-7-12(11)15;5-3-1-2-4(6)7/h1-2,5,7H,3-4,6,8-10H2;1-3H2. The summed E-state index contributed by atoms with van der Waals surface area (Å²) < 4.78 is 0. The fourth-order valence-corrected chi connectivity index (χ4v) is 2.75. The second-order valence-electron chi connectivity index (χ2n) is 5.22. The number of hydrogen-bond acceptors (Lipinski definition) is 2. The van der Waals surface area contributed by atoms with Crippen LogP contribution in [0.15, 0.2) is 24.3 Å². The van der Waals surface area contributed by atoms with E-state index >= 15 is 0 Å². The summed E-state index contributed by atoms with van der Waals surface area (Å²) >= 11 is 15.8. The number of aryl methyl sites for hydroxylation is 1. The third-order valence-corrected chi connectivity index (χ3v) is 4.17. The van der Waals surface area contributed by atoms with Gasteiger partial charge >= 0.3 is 0 Å². The van der Waals surface area contributed by atoms with Gasteiger partial charge in [0.25, 0.3) is 0 Å². The van der Waals surface area contributed by atoms with Gasteiger partial charge in [-0.3, -0.25) is 9.59 Å². The minimum Gasteiger partial charge on any atom is -0.312 e. The van der Waals surface area contributed by atoms with Crippen molar-refractivity contribution in [2.75, 3.05) is 23.2 Å². The first-order chi connectivity index (χ1) is 11.1. The quantitative estimate of drug-likeness (QED) is 0.529. The molecule has 0 saturated carbocycles. The van der Waals surface area contributed by atoms with Crippen LogP contribution in [-0.4, -0.2) is 29.5 Å². The Hall–Kier alpha value is -0.770. The molecule has 0 fully saturated rings. The first-order valence-electron chi connectivity index (χ1n) is 7.78. The van der Waals surface area contributed by atoms with Crippen molar-refractivity contribution in [3.63, 3.8) is 0 Å². The zero-order valence-electron chi connectivity index (χ0n) is 13.1. The van der Waals surface area contributed by atoms with Crippen LogP contribution in [0.4, 0.5) is 5.69 Å². The van der Waals surface area contributed by atoms with Gasteiger partial charge in [-0.15, -0.1) is 23.2 Å². The van der Waals surface area contributed by atoms with Crippen molar-refractivity contribution in [2.45, 2.75) is 38.5 Å². The maximum absolute atomic E-state index is 12.0. The van der Waals surface area contributed by atoms with Crippen molar-refractivity contribution in [3.05, 3.63) is 29.8 Å². The summed E-state index contributed by atoms with van der Waals surface area (Å²) in [5, 5.41) is -0.305. The molecular formula is C17H22Cl3NO2. The van der Waals surface area contributed by atoms with Crippen LogP contribution in [0.3, 0.4) is 0 Å². The van der Waals surface area contributed by atoms with Gasteiger partial charge in [0.1, 0.15) is 0 Å². The third kappa shape index (κ3) is 7.56. The summed E-state index contributed by atoms with van der Waals surface area (Å²) in [4.78, 5) is 23.8. The van der Waals surface area contributed by atoms with Crippen LogP contribution < -0.4 is 4.90 Å². The van der Waals surface area contributed by atoms with E-state index in [0.29, 0.717) is 31.0 Å². The van der Waals surface area contributed by atoms with Crippen LogP contribution >= 0.6 is 34.8 Å². The minimum atomic E-state index is -0.305. The number of benzene rings is 1. The molecule has 1 aliphatic rings. The van der Waals surface area contributed by atoms with Crippen molar-refractivity contribution >= 4 is 51.6 Å². The summed E-state index contributed by atoms with van der Waals surface area (Å²) in [6.07, 6.45) is 4.53. The Morgan fingerprint density at radius 2 is 1.70 bits per heavy atom. The highest BCUT2D eigenvalue weighted by molar-refractivity contribution is 6.63. The monoisotopic (exact) mass is 377 g/mol. The fraction of sp³-hybridized carbons (Fsp3) is 0.529. The number of anilines is 1. The Balaban J connectivity index is 0.000000322. The average Bonchev–Trinajstić information content (AvgIpc) is 2.57. The molecule has 0 atom stereocenters. The van der Waals surface area contributed by atoms with Gasteiger partial charge in [0.15, 0.2) is 0 Å². The SMILES string of the molecule is O=C(CCCCl)N1CCCc2ccccc21.O=C(Cl)CCCCl. The molecule has 0 unspecified atom stereocenters. The molecule has 6 heteroatoms. The van der Waals surface area contributed by atoms with Crippen LogP contribution in [0.2, 0.25) is 0 Å². The van der Waals surface area contributed by atoms with Gasteiger partial charge in [-0.05, 0) is 48.9 Å². The number of fused-ring (bicyclic) bond motifs is 1. The average molecular weight is 379 g/mol. The molecule has 1 amide bonds. The lowest BCUT2D eigenvalue weighted by molar-refractivity contribution is -0.118. The Labute approximate surface area is 152 Å². The summed E-state index contributed by atoms with van der Waals surface area (Å²) in [6, 6.07) is 8.17. The minimum absolute atomic E-state index is 0.202. The molecule has 3 nitrogen and oxygen atoms in total. The van der Waals surface area contributed by atoms with Crippen LogP contribution in [0.5, 0.6) is 0 Å². The van der Waals surface area contributed by atoms with Crippen LogP contribution in [0, 0.1) is 0 Å². The molecule has 0 radical (unpaired) electrons. The van der Waals surface area contributed by atoms with E-state index in [1.807, 2.05) is 23.1 Å². The molecule has 0 aliphatic carbocycles. The van der Waals surface area contributed by atoms with E-state index in [1.165, 1.54) is 5.56 Å². The van der Waals surface area contributed by atoms with E-state index in [9.17, 15) is 9.59 Å². The van der Waals surface area contributed by atoms with Crippen molar-refractivity contribution in [1.82, 2.24) is 0 Å². The summed E-state index contributed by atoms with van der Waals surface area (Å²) in [7, 11) is 0. The Bertz CT molecular complexity index is 508. The van der Waals surface area contributed by atoms with Gasteiger partial charge in [-0.1, -0.05) is 18.2 Å². The van der Waals surface area contributed by atoms with Gasteiger partial charge in [-0.2, -0.15) is 0 Å². The molecule has 0 N–H and O–H groups in total. The number of carbonyl (C=O) groups is 2. The highest BCUT2D eigenvalue weighted by atomic mass is 35.5. The highest BCUT2D eigenvalue weighted by Crippen LogP contribution is 2.27. The summed E-state index contributed by atoms with van der Waals surface area (Å²) in [5.41, 5.74) is 2.38. The number of carbonyl (C=O) groups excluding carboxylic acids is 2. The van der Waals surface area contributed by atoms with E-state index in [2.05, 4.69) is 6.07 Å². The molecule has 23 heavy (non-hydrogen) atoms. The van der Waals surface area contributed by atoms with Gasteiger partial charge < -0.3 is 4.90 Å². The van der Waals surface area contributed by atoms with Gasteiger partial charge in [0.05, 0.1) is 0 Å². The van der Waals surface area contributed by atoms with E-state index < -0.39 is 0 Å². The maximum Gasteiger partial charge on any atom is 0.227 e. The predicted molar refractivity (Wildman–Crippen MR) is 97.9 cm³/mol. The number of halogens is 3. The number of amides is 1. The Morgan fingerprint density at radius 1 is 1.04 bits per heavy atom. The van der Waals surface area contributed by atoms with Gasteiger partial charge in [0.2, 0.25) is 11.1 Å². The van der Waals surface area contributed by atoms with Crippen molar-refractivity contribution < 1.29 is 9.59 Å². The van der Waals surface area contributed by atoms with E-state index in [-0.39, 0.29) is 11.1 Å². The topological polar surface area (TPSA) is 37.4 Å². The molecule has 0 bridgehead atoms. The first-order valence-corrected chi connectivity index (χ1v) is 9.23. The third-order valence-electron chi connectivity index (χ3n) is 3.44. The van der Waals surface area contributed by atoms with E-state index in [4.69, 9.17) is 34.8 Å². The molecule has 0 aromatic heterocycles. The Morgan fingerprint density at radius 3 is 2.30 bits per heavy atom. The summed E-state index contributed by atoms with van der Waals surface area (Å²) in [5.74, 6) is 1.27. The number of rotatable bonds is 6. The molecule has 2 rings (SSSR count). The largest absolute Gasteiger partial charge is 0.312 e. The number of para-hydroxylation sites is 1. The molecule has 1 heterocycles. The first kappa shape index (κ1) is 20.3. The normalized spacial score (nSPS) is 12.9. The maximum atomic E-state index is 12.0. The lowest BCUT2D eigenvalue weighted by atomic mass is 10.0. The van der Waals surface area contributed by atoms with Gasteiger partial charge in [-0.25, -0.2) is 0 Å². The van der Waals surface area contributed by atoms with Crippen LogP contribution in [0.1, 0.15) is 37.7 Å². The fourth-order valence-electron chi connectivity index (χ4n) is 2.35. The lowest BCUT2D eigenvalue weighted by Gasteiger charge is -2.29. The van der Waals surface area contributed by atoms with Crippen LogP contribution in [0.25, 0.3) is 0 Å². The zero-order valence-corrected chi connectivity index (χ0v) is 15.3. The molecule has 1 aromatic carbocycles. The number of alkyl halides is 2. The predicted octanol–water partition coefficient (Wildman–Crippen LogP) is 4.76. The molecular weight excluding hydrogens is 357 g/mol. The number of nitrogens with zero attached hydrogens (tertiary/aromatic N) is 1. The van der Waals surface area contributed by atoms with E-state index in [0.717, 1.165) is 31.5 Å². The molecule has 0 saturated heterocycles. The second-order valence-corrected chi connectivity index (χ2v) is 6.40. The van der Waals surface area contributed by atoms with Crippen molar-refractivity contribution in [1.29, 1.82) is 0 Å². The van der Waals surface area contributed by atoms with E-state index in [1.54, 1.807) is 0 Å². The zero-order chi connectivity index (χ0) is 17.1. The molecule has 128 valence electrons. The van der Waals surface area contributed by atoms with Crippen molar-refractivity contribution in [2.24, 2.45) is 0 Å². The number of hydrogen-bond donors (Lipinski definition) is 0. The smallest absolute Gasteiger partial charge is 0.227 e. The molecule has 1 aliphatic heterocycles. The lowest BCUT2D eigenvalue weighted by Crippen LogP contribution is -2.35. The Kier molecular flexibility index (Phi) is 10.3.